The van der Waals surface area contributed by atoms with Crippen LogP contribution in [-0.2, 0) is 23.1 Å². The third-order valence-electron chi connectivity index (χ3n) is 3.16. The first-order valence-electron chi connectivity index (χ1n) is 6.75. The Hall–Kier alpha value is -1.57. The second-order valence-corrected chi connectivity index (χ2v) is 6.58. The average molecular weight is 312 g/mol. The van der Waals surface area contributed by atoms with Gasteiger partial charge in [0, 0.05) is 12.6 Å². The molecule has 0 atom stereocenters. The van der Waals surface area contributed by atoms with E-state index in [-0.39, 0.29) is 11.4 Å². The molecule has 0 amide bonds. The SMILES string of the molecule is CCN(Cc1ccco1)S(=O)(=O)c1cc(CNC)oc1C. The Kier molecular flexibility index (Phi) is 4.87. The molecule has 0 fully saturated rings. The first-order chi connectivity index (χ1) is 9.98. The lowest BCUT2D eigenvalue weighted by molar-refractivity contribution is 0.374. The summed E-state index contributed by atoms with van der Waals surface area (Å²) in [5.41, 5.74) is 0. The Balaban J connectivity index is 2.30. The van der Waals surface area contributed by atoms with E-state index in [2.05, 4.69) is 5.32 Å². The first-order valence-corrected chi connectivity index (χ1v) is 8.19. The van der Waals surface area contributed by atoms with Gasteiger partial charge in [0.2, 0.25) is 10.0 Å². The number of sulfonamides is 1. The molecule has 2 aromatic rings. The summed E-state index contributed by atoms with van der Waals surface area (Å²) in [7, 11) is -1.82. The van der Waals surface area contributed by atoms with Crippen LogP contribution in [0.3, 0.4) is 0 Å². The average Bonchev–Trinajstić information content (AvgIpc) is 3.06. The van der Waals surface area contributed by atoms with E-state index in [1.807, 2.05) is 0 Å². The molecule has 0 aliphatic rings. The van der Waals surface area contributed by atoms with Gasteiger partial charge in [-0.15, -0.1) is 0 Å². The highest BCUT2D eigenvalue weighted by atomic mass is 32.2. The van der Waals surface area contributed by atoms with Crippen molar-refractivity contribution in [3.63, 3.8) is 0 Å². The smallest absolute Gasteiger partial charge is 0.246 e. The summed E-state index contributed by atoms with van der Waals surface area (Å²) in [4.78, 5) is 0.209. The zero-order valence-corrected chi connectivity index (χ0v) is 13.2. The molecule has 0 radical (unpaired) electrons. The number of nitrogens with zero attached hydrogens (tertiary/aromatic N) is 1. The molecule has 116 valence electrons. The summed E-state index contributed by atoms with van der Waals surface area (Å²) in [6.45, 7) is 4.50. The highest BCUT2D eigenvalue weighted by Crippen LogP contribution is 2.25. The molecule has 6 nitrogen and oxygen atoms in total. The quantitative estimate of drug-likeness (QED) is 0.847. The fourth-order valence-corrected chi connectivity index (χ4v) is 3.72. The molecule has 0 aliphatic carbocycles. The van der Waals surface area contributed by atoms with Crippen molar-refractivity contribution in [3.8, 4) is 0 Å². The fraction of sp³-hybridized carbons (Fsp3) is 0.429. The van der Waals surface area contributed by atoms with Crippen molar-refractivity contribution in [3.05, 3.63) is 41.7 Å². The van der Waals surface area contributed by atoms with E-state index >= 15 is 0 Å². The molecule has 1 N–H and O–H groups in total. The summed E-state index contributed by atoms with van der Waals surface area (Å²) in [5, 5.41) is 2.94. The molecule has 0 saturated carbocycles. The number of nitrogens with one attached hydrogen (secondary N) is 1. The van der Waals surface area contributed by atoms with E-state index in [1.54, 1.807) is 39.1 Å². The van der Waals surface area contributed by atoms with Gasteiger partial charge in [0.15, 0.2) is 0 Å². The van der Waals surface area contributed by atoms with Crippen LogP contribution in [0.4, 0.5) is 0 Å². The predicted octanol–water partition coefficient (Wildman–Crippen LogP) is 2.11. The van der Waals surface area contributed by atoms with Gasteiger partial charge in [0.05, 0.1) is 19.4 Å². The van der Waals surface area contributed by atoms with Crippen LogP contribution in [-0.4, -0.2) is 26.3 Å². The third kappa shape index (κ3) is 3.37. The van der Waals surface area contributed by atoms with Gasteiger partial charge in [-0.1, -0.05) is 6.92 Å². The molecule has 0 unspecified atom stereocenters. The van der Waals surface area contributed by atoms with E-state index in [4.69, 9.17) is 8.83 Å². The van der Waals surface area contributed by atoms with Gasteiger partial charge in [-0.05, 0) is 26.1 Å². The van der Waals surface area contributed by atoms with Gasteiger partial charge in [0.1, 0.15) is 22.2 Å². The topological polar surface area (TPSA) is 75.7 Å². The Morgan fingerprint density at radius 1 is 1.33 bits per heavy atom. The van der Waals surface area contributed by atoms with Crippen LogP contribution in [0.5, 0.6) is 0 Å². The lowest BCUT2D eigenvalue weighted by Crippen LogP contribution is -2.30. The normalized spacial score (nSPS) is 12.2. The van der Waals surface area contributed by atoms with Crippen molar-refractivity contribution in [2.24, 2.45) is 0 Å². The zero-order valence-electron chi connectivity index (χ0n) is 12.4. The van der Waals surface area contributed by atoms with Crippen LogP contribution in [0.1, 0.15) is 24.2 Å². The van der Waals surface area contributed by atoms with Crippen molar-refractivity contribution in [1.82, 2.24) is 9.62 Å². The molecule has 7 heteroatoms. The van der Waals surface area contributed by atoms with E-state index in [9.17, 15) is 8.42 Å². The number of rotatable bonds is 7. The Labute approximate surface area is 124 Å². The maximum atomic E-state index is 12.7. The molecule has 2 aromatic heterocycles. The second kappa shape index (κ2) is 6.46. The largest absolute Gasteiger partial charge is 0.468 e. The number of aryl methyl sites for hydroxylation is 1. The highest BCUT2D eigenvalue weighted by Gasteiger charge is 2.28. The third-order valence-corrected chi connectivity index (χ3v) is 5.19. The van der Waals surface area contributed by atoms with E-state index < -0.39 is 10.0 Å². The second-order valence-electron chi connectivity index (χ2n) is 4.67. The summed E-state index contributed by atoms with van der Waals surface area (Å²) in [6, 6.07) is 5.07. The molecule has 21 heavy (non-hydrogen) atoms. The van der Waals surface area contributed by atoms with Gasteiger partial charge in [-0.25, -0.2) is 8.42 Å². The van der Waals surface area contributed by atoms with Crippen LogP contribution < -0.4 is 5.32 Å². The standard InChI is InChI=1S/C14H20N2O4S/c1-4-16(10-12-6-5-7-19-12)21(17,18)14-8-13(9-15-3)20-11(14)2/h5-8,15H,4,9-10H2,1-3H3. The predicted molar refractivity (Wildman–Crippen MR) is 78.2 cm³/mol. The van der Waals surface area contributed by atoms with Gasteiger partial charge >= 0.3 is 0 Å². The lowest BCUT2D eigenvalue weighted by atomic mass is 10.4. The highest BCUT2D eigenvalue weighted by molar-refractivity contribution is 7.89. The van der Waals surface area contributed by atoms with E-state index in [0.717, 1.165) is 0 Å². The summed E-state index contributed by atoms with van der Waals surface area (Å²) < 4.78 is 37.5. The van der Waals surface area contributed by atoms with Crippen molar-refractivity contribution in [2.75, 3.05) is 13.6 Å². The number of furan rings is 2. The molecular weight excluding hydrogens is 292 g/mol. The van der Waals surface area contributed by atoms with Crippen LogP contribution in [0.15, 0.2) is 38.2 Å². The number of hydrogen-bond acceptors (Lipinski definition) is 5. The fourth-order valence-electron chi connectivity index (χ4n) is 2.12. The van der Waals surface area contributed by atoms with E-state index in [1.165, 1.54) is 10.6 Å². The van der Waals surface area contributed by atoms with Crippen molar-refractivity contribution >= 4 is 10.0 Å². The maximum absolute atomic E-state index is 12.7. The molecule has 0 spiro atoms. The molecule has 0 aliphatic heterocycles. The lowest BCUT2D eigenvalue weighted by Gasteiger charge is -2.18. The van der Waals surface area contributed by atoms with Crippen molar-refractivity contribution in [1.29, 1.82) is 0 Å². The van der Waals surface area contributed by atoms with Crippen LogP contribution in [0, 0.1) is 6.92 Å². The van der Waals surface area contributed by atoms with Crippen molar-refractivity contribution in [2.45, 2.75) is 31.8 Å². The molecule has 2 heterocycles. The minimum absolute atomic E-state index is 0.206. The first kappa shape index (κ1) is 15.8. The van der Waals surface area contributed by atoms with Crippen molar-refractivity contribution < 1.29 is 17.3 Å². The number of hydrogen-bond donors (Lipinski definition) is 1. The summed E-state index contributed by atoms with van der Waals surface area (Å²) in [6.07, 6.45) is 1.53. The van der Waals surface area contributed by atoms with Gasteiger partial charge in [0.25, 0.3) is 0 Å². The molecule has 2 rings (SSSR count). The Bertz CT molecular complexity index is 674. The minimum Gasteiger partial charge on any atom is -0.468 e. The zero-order chi connectivity index (χ0) is 15.5. The summed E-state index contributed by atoms with van der Waals surface area (Å²) in [5.74, 6) is 1.61. The Morgan fingerprint density at radius 3 is 2.67 bits per heavy atom. The monoisotopic (exact) mass is 312 g/mol. The maximum Gasteiger partial charge on any atom is 0.246 e. The molecule has 0 saturated heterocycles. The minimum atomic E-state index is -3.60. The van der Waals surface area contributed by atoms with Gasteiger partial charge in [-0.2, -0.15) is 4.31 Å². The molecule has 0 bridgehead atoms. The molecule has 0 aromatic carbocycles. The van der Waals surface area contributed by atoms with E-state index in [0.29, 0.717) is 30.4 Å². The Morgan fingerprint density at radius 2 is 2.10 bits per heavy atom. The van der Waals surface area contributed by atoms with Crippen LogP contribution in [0.2, 0.25) is 0 Å². The molecular formula is C14H20N2O4S. The van der Waals surface area contributed by atoms with Gasteiger partial charge in [-0.3, -0.25) is 0 Å². The summed E-state index contributed by atoms with van der Waals surface area (Å²) >= 11 is 0. The van der Waals surface area contributed by atoms with Gasteiger partial charge < -0.3 is 14.2 Å². The van der Waals surface area contributed by atoms with Crippen LogP contribution in [0.25, 0.3) is 0 Å². The van der Waals surface area contributed by atoms with Crippen LogP contribution >= 0.6 is 0 Å².